The van der Waals surface area contributed by atoms with E-state index in [0.29, 0.717) is 41.7 Å². The van der Waals surface area contributed by atoms with Crippen LogP contribution in [0.3, 0.4) is 0 Å². The highest BCUT2D eigenvalue weighted by molar-refractivity contribution is 6.04. The smallest absolute Gasteiger partial charge is 0.255 e. The first-order valence-corrected chi connectivity index (χ1v) is 8.20. The number of nitrogens with two attached hydrogens (primary N) is 1. The van der Waals surface area contributed by atoms with Gasteiger partial charge in [-0.25, -0.2) is 0 Å². The lowest BCUT2D eigenvalue weighted by molar-refractivity contribution is 0.102. The van der Waals surface area contributed by atoms with Crippen molar-refractivity contribution in [3.63, 3.8) is 0 Å². The summed E-state index contributed by atoms with van der Waals surface area (Å²) < 4.78 is 11.4. The van der Waals surface area contributed by atoms with Gasteiger partial charge < -0.3 is 20.5 Å². The Morgan fingerprint density at radius 3 is 2.38 bits per heavy atom. The first-order valence-electron chi connectivity index (χ1n) is 8.20. The molecule has 0 atom stereocenters. The summed E-state index contributed by atoms with van der Waals surface area (Å²) in [7, 11) is 0. The van der Waals surface area contributed by atoms with Gasteiger partial charge in [0, 0.05) is 23.0 Å². The molecule has 5 heteroatoms. The molecule has 24 heavy (non-hydrogen) atoms. The summed E-state index contributed by atoms with van der Waals surface area (Å²) in [4.78, 5) is 12.3. The minimum Gasteiger partial charge on any atom is -0.490 e. The Hall–Kier alpha value is -2.69. The van der Waals surface area contributed by atoms with Crippen molar-refractivity contribution in [2.75, 3.05) is 24.3 Å². The van der Waals surface area contributed by atoms with Crippen molar-refractivity contribution in [2.24, 2.45) is 0 Å². The number of ether oxygens (including phenoxy) is 2. The third-order valence-corrected chi connectivity index (χ3v) is 3.27. The molecular formula is C19H24N2O3. The molecule has 0 bridgehead atoms. The van der Waals surface area contributed by atoms with E-state index >= 15 is 0 Å². The van der Waals surface area contributed by atoms with Gasteiger partial charge in [-0.15, -0.1) is 0 Å². The van der Waals surface area contributed by atoms with E-state index in [2.05, 4.69) is 5.32 Å². The minimum absolute atomic E-state index is 0.217. The zero-order valence-electron chi connectivity index (χ0n) is 14.2. The number of rotatable bonds is 8. The van der Waals surface area contributed by atoms with E-state index in [1.54, 1.807) is 36.4 Å². The summed E-state index contributed by atoms with van der Waals surface area (Å²) in [6.07, 6.45) is 1.81. The molecule has 5 nitrogen and oxygen atoms in total. The molecule has 2 rings (SSSR count). The predicted octanol–water partition coefficient (Wildman–Crippen LogP) is 4.10. The monoisotopic (exact) mass is 328 g/mol. The molecule has 0 aromatic heterocycles. The fraction of sp³-hybridized carbons (Fsp3) is 0.316. The van der Waals surface area contributed by atoms with Crippen molar-refractivity contribution < 1.29 is 14.3 Å². The molecule has 3 N–H and O–H groups in total. The van der Waals surface area contributed by atoms with Gasteiger partial charge in [-0.05, 0) is 43.2 Å². The minimum atomic E-state index is -0.217. The molecule has 0 aliphatic rings. The van der Waals surface area contributed by atoms with E-state index in [-0.39, 0.29) is 5.91 Å². The maximum atomic E-state index is 12.3. The normalized spacial score (nSPS) is 10.2. The van der Waals surface area contributed by atoms with E-state index in [0.717, 1.165) is 12.8 Å². The summed E-state index contributed by atoms with van der Waals surface area (Å²) in [6.45, 7) is 5.30. The Balaban J connectivity index is 2.15. The average molecular weight is 328 g/mol. The van der Waals surface area contributed by atoms with Gasteiger partial charge in [0.2, 0.25) is 0 Å². The Kier molecular flexibility index (Phi) is 6.49. The molecule has 0 spiro atoms. The number of hydrogen-bond donors (Lipinski definition) is 2. The molecule has 0 aliphatic heterocycles. The van der Waals surface area contributed by atoms with E-state index < -0.39 is 0 Å². The second-order valence-corrected chi connectivity index (χ2v) is 5.44. The number of amides is 1. The average Bonchev–Trinajstić information content (AvgIpc) is 2.59. The van der Waals surface area contributed by atoms with Crippen LogP contribution >= 0.6 is 0 Å². The molecule has 0 heterocycles. The molecule has 2 aromatic carbocycles. The standard InChI is InChI=1S/C19H24N2O3/c1-3-10-23-17-9-8-16(13-18(17)24-11-4-2)21-19(22)14-6-5-7-15(20)12-14/h5-9,12-13H,3-4,10-11,20H2,1-2H3,(H,21,22). The lowest BCUT2D eigenvalue weighted by Gasteiger charge is -2.14. The highest BCUT2D eigenvalue weighted by Gasteiger charge is 2.10. The Morgan fingerprint density at radius 2 is 1.71 bits per heavy atom. The zero-order valence-corrected chi connectivity index (χ0v) is 14.2. The van der Waals surface area contributed by atoms with Crippen molar-refractivity contribution in [2.45, 2.75) is 26.7 Å². The first-order chi connectivity index (χ1) is 11.6. The number of benzene rings is 2. The van der Waals surface area contributed by atoms with E-state index in [9.17, 15) is 4.79 Å². The number of nitrogen functional groups attached to an aromatic ring is 1. The molecule has 0 radical (unpaired) electrons. The lowest BCUT2D eigenvalue weighted by Crippen LogP contribution is -2.12. The second kappa shape index (κ2) is 8.82. The van der Waals surface area contributed by atoms with E-state index in [1.807, 2.05) is 19.9 Å². The molecule has 0 aliphatic carbocycles. The summed E-state index contributed by atoms with van der Waals surface area (Å²) in [5.74, 6) is 1.11. The highest BCUT2D eigenvalue weighted by atomic mass is 16.5. The van der Waals surface area contributed by atoms with Crippen LogP contribution in [0.4, 0.5) is 11.4 Å². The predicted molar refractivity (Wildman–Crippen MR) is 96.8 cm³/mol. The van der Waals surface area contributed by atoms with E-state index in [4.69, 9.17) is 15.2 Å². The second-order valence-electron chi connectivity index (χ2n) is 5.44. The van der Waals surface area contributed by atoms with Gasteiger partial charge in [-0.3, -0.25) is 4.79 Å². The van der Waals surface area contributed by atoms with Crippen LogP contribution in [0.15, 0.2) is 42.5 Å². The van der Waals surface area contributed by atoms with Gasteiger partial charge in [0.1, 0.15) is 0 Å². The molecule has 128 valence electrons. The molecule has 0 fully saturated rings. The zero-order chi connectivity index (χ0) is 17.4. The van der Waals surface area contributed by atoms with Crippen LogP contribution in [-0.2, 0) is 0 Å². The summed E-state index contributed by atoms with van der Waals surface area (Å²) in [5, 5.41) is 2.86. The molecular weight excluding hydrogens is 304 g/mol. The molecule has 0 saturated carbocycles. The highest BCUT2D eigenvalue weighted by Crippen LogP contribution is 2.31. The third-order valence-electron chi connectivity index (χ3n) is 3.27. The van der Waals surface area contributed by atoms with Crippen molar-refractivity contribution >= 4 is 17.3 Å². The van der Waals surface area contributed by atoms with E-state index in [1.165, 1.54) is 0 Å². The van der Waals surface area contributed by atoms with Crippen LogP contribution in [0.2, 0.25) is 0 Å². The molecule has 2 aromatic rings. The van der Waals surface area contributed by atoms with Crippen LogP contribution in [0, 0.1) is 0 Å². The van der Waals surface area contributed by atoms with Crippen molar-refractivity contribution in [3.8, 4) is 11.5 Å². The quantitative estimate of drug-likeness (QED) is 0.716. The Bertz CT molecular complexity index is 686. The van der Waals surface area contributed by atoms with Gasteiger partial charge in [0.15, 0.2) is 11.5 Å². The summed E-state index contributed by atoms with van der Waals surface area (Å²) in [6, 6.07) is 12.3. The fourth-order valence-corrected chi connectivity index (χ4v) is 2.13. The van der Waals surface area contributed by atoms with Crippen molar-refractivity contribution in [1.29, 1.82) is 0 Å². The molecule has 0 unspecified atom stereocenters. The van der Waals surface area contributed by atoms with Crippen LogP contribution in [0.1, 0.15) is 37.0 Å². The first kappa shape index (κ1) is 17.7. The Morgan fingerprint density at radius 1 is 1.00 bits per heavy atom. The topological polar surface area (TPSA) is 73.6 Å². The number of nitrogens with one attached hydrogen (secondary N) is 1. The lowest BCUT2D eigenvalue weighted by atomic mass is 10.2. The van der Waals surface area contributed by atoms with Gasteiger partial charge in [-0.1, -0.05) is 19.9 Å². The van der Waals surface area contributed by atoms with Crippen LogP contribution in [0.5, 0.6) is 11.5 Å². The van der Waals surface area contributed by atoms with Gasteiger partial charge in [0.05, 0.1) is 13.2 Å². The maximum Gasteiger partial charge on any atom is 0.255 e. The number of carbonyl (C=O) groups excluding carboxylic acids is 1. The number of hydrogen-bond acceptors (Lipinski definition) is 4. The van der Waals surface area contributed by atoms with Gasteiger partial charge in [-0.2, -0.15) is 0 Å². The fourth-order valence-electron chi connectivity index (χ4n) is 2.13. The van der Waals surface area contributed by atoms with Crippen LogP contribution < -0.4 is 20.5 Å². The Labute approximate surface area is 142 Å². The summed E-state index contributed by atoms with van der Waals surface area (Å²) in [5.41, 5.74) is 7.43. The SMILES string of the molecule is CCCOc1ccc(NC(=O)c2cccc(N)c2)cc1OCCC. The number of anilines is 2. The summed E-state index contributed by atoms with van der Waals surface area (Å²) >= 11 is 0. The van der Waals surface area contributed by atoms with Gasteiger partial charge in [0.25, 0.3) is 5.91 Å². The number of carbonyl (C=O) groups is 1. The van der Waals surface area contributed by atoms with Crippen molar-refractivity contribution in [3.05, 3.63) is 48.0 Å². The van der Waals surface area contributed by atoms with Gasteiger partial charge >= 0.3 is 0 Å². The largest absolute Gasteiger partial charge is 0.490 e. The van der Waals surface area contributed by atoms with Crippen LogP contribution in [-0.4, -0.2) is 19.1 Å². The maximum absolute atomic E-state index is 12.3. The van der Waals surface area contributed by atoms with Crippen LogP contribution in [0.25, 0.3) is 0 Å². The molecule has 1 amide bonds. The third kappa shape index (κ3) is 4.91. The molecule has 0 saturated heterocycles. The van der Waals surface area contributed by atoms with Crippen molar-refractivity contribution in [1.82, 2.24) is 0 Å².